The van der Waals surface area contributed by atoms with E-state index in [4.69, 9.17) is 0 Å². The third-order valence-electron chi connectivity index (χ3n) is 3.38. The van der Waals surface area contributed by atoms with Crippen molar-refractivity contribution < 1.29 is 0 Å². The summed E-state index contributed by atoms with van der Waals surface area (Å²) in [5, 5.41) is 9.08. The van der Waals surface area contributed by atoms with E-state index in [-0.39, 0.29) is 10.8 Å². The van der Waals surface area contributed by atoms with Crippen molar-refractivity contribution in [2.75, 3.05) is 5.75 Å². The Balaban J connectivity index is 1.88. The van der Waals surface area contributed by atoms with Gasteiger partial charge in [-0.25, -0.2) is 4.98 Å². The van der Waals surface area contributed by atoms with Crippen LogP contribution in [0.15, 0.2) is 13.5 Å². The topological polar surface area (TPSA) is 71.5 Å². The number of H-pyrrole nitrogens is 1. The molecule has 3 heterocycles. The van der Waals surface area contributed by atoms with E-state index in [0.717, 1.165) is 29.7 Å². The quantitative estimate of drug-likeness (QED) is 0.657. The van der Waals surface area contributed by atoms with Crippen molar-refractivity contribution in [1.29, 1.82) is 0 Å². The van der Waals surface area contributed by atoms with Gasteiger partial charge in [0.15, 0.2) is 8.68 Å². The largest absolute Gasteiger partial charge is 0.309 e. The van der Waals surface area contributed by atoms with Gasteiger partial charge in [-0.3, -0.25) is 4.79 Å². The average Bonchev–Trinajstić information content (AvgIpc) is 3.05. The number of aryl methyl sites for hydroxylation is 2. The molecular weight excluding hydrogens is 368 g/mol. The van der Waals surface area contributed by atoms with Crippen LogP contribution in [0.1, 0.15) is 35.4 Å². The summed E-state index contributed by atoms with van der Waals surface area (Å²) in [5.74, 6) is 1.67. The van der Waals surface area contributed by atoms with Crippen LogP contribution < -0.4 is 5.56 Å². The van der Waals surface area contributed by atoms with Crippen LogP contribution in [0, 0.1) is 13.8 Å². The summed E-state index contributed by atoms with van der Waals surface area (Å²) in [5.41, 5.74) is 0.967. The van der Waals surface area contributed by atoms with Crippen LogP contribution in [0.25, 0.3) is 10.2 Å². The first-order chi connectivity index (χ1) is 11.0. The van der Waals surface area contributed by atoms with E-state index in [1.807, 2.05) is 20.8 Å². The first kappa shape index (κ1) is 16.9. The maximum Gasteiger partial charge on any atom is 0.259 e. The van der Waals surface area contributed by atoms with Crippen LogP contribution >= 0.6 is 46.2 Å². The van der Waals surface area contributed by atoms with E-state index in [0.29, 0.717) is 11.2 Å². The summed E-state index contributed by atoms with van der Waals surface area (Å²) < 4.78 is 1.87. The Morgan fingerprint density at radius 3 is 2.70 bits per heavy atom. The van der Waals surface area contributed by atoms with Gasteiger partial charge in [0, 0.05) is 4.88 Å². The van der Waals surface area contributed by atoms with Gasteiger partial charge < -0.3 is 4.98 Å². The van der Waals surface area contributed by atoms with E-state index in [1.54, 1.807) is 46.2 Å². The molecule has 0 aliphatic carbocycles. The summed E-state index contributed by atoms with van der Waals surface area (Å²) in [4.78, 5) is 21.9. The number of aromatic nitrogens is 4. The highest BCUT2D eigenvalue weighted by molar-refractivity contribution is 8.03. The molecule has 1 N–H and O–H groups in total. The second kappa shape index (κ2) is 6.92. The summed E-state index contributed by atoms with van der Waals surface area (Å²) in [6.07, 6.45) is 0. The molecule has 1 unspecified atom stereocenters. The van der Waals surface area contributed by atoms with Gasteiger partial charge in [-0.05, 0) is 32.1 Å². The fourth-order valence-electron chi connectivity index (χ4n) is 2.10. The Morgan fingerprint density at radius 1 is 1.22 bits per heavy atom. The van der Waals surface area contributed by atoms with E-state index in [2.05, 4.69) is 27.1 Å². The minimum Gasteiger partial charge on any atom is -0.309 e. The van der Waals surface area contributed by atoms with E-state index in [1.165, 1.54) is 0 Å². The van der Waals surface area contributed by atoms with E-state index >= 15 is 0 Å². The molecule has 3 aromatic rings. The molecule has 3 rings (SSSR count). The van der Waals surface area contributed by atoms with Crippen molar-refractivity contribution in [3.05, 3.63) is 26.6 Å². The third kappa shape index (κ3) is 3.47. The molecule has 0 radical (unpaired) electrons. The highest BCUT2D eigenvalue weighted by Gasteiger charge is 2.17. The number of nitrogens with zero attached hydrogens (tertiary/aromatic N) is 3. The highest BCUT2D eigenvalue weighted by Crippen LogP contribution is 2.37. The standard InChI is InChI=1S/C14H16N4OS4/c1-5-20-13-17-18-14(23-13)22-8(4)10-15-11(19)9-6(2)7(3)21-12(9)16-10/h8H,5H2,1-4H3,(H,15,16,19). The summed E-state index contributed by atoms with van der Waals surface area (Å²) in [6.45, 7) is 8.11. The van der Waals surface area contributed by atoms with E-state index in [9.17, 15) is 4.79 Å². The maximum atomic E-state index is 12.4. The number of aromatic amines is 1. The van der Waals surface area contributed by atoms with Gasteiger partial charge in [-0.1, -0.05) is 41.8 Å². The molecule has 0 aliphatic rings. The minimum absolute atomic E-state index is 0.0160. The number of rotatable bonds is 5. The molecule has 1 atom stereocenters. The Hall–Kier alpha value is -0.900. The van der Waals surface area contributed by atoms with Gasteiger partial charge in [0.05, 0.1) is 10.6 Å². The lowest BCUT2D eigenvalue weighted by molar-refractivity contribution is 0.912. The second-order valence-electron chi connectivity index (χ2n) is 4.94. The smallest absolute Gasteiger partial charge is 0.259 e. The molecule has 5 nitrogen and oxygen atoms in total. The van der Waals surface area contributed by atoms with Crippen molar-refractivity contribution in [2.45, 2.75) is 41.6 Å². The lowest BCUT2D eigenvalue weighted by Crippen LogP contribution is -2.12. The van der Waals surface area contributed by atoms with Gasteiger partial charge in [0.2, 0.25) is 0 Å². The molecular formula is C14H16N4OS4. The van der Waals surface area contributed by atoms with Crippen molar-refractivity contribution in [1.82, 2.24) is 20.2 Å². The molecule has 0 spiro atoms. The molecule has 3 aromatic heterocycles. The molecule has 0 saturated carbocycles. The average molecular weight is 385 g/mol. The van der Waals surface area contributed by atoms with E-state index < -0.39 is 0 Å². The minimum atomic E-state index is -0.0567. The molecule has 122 valence electrons. The van der Waals surface area contributed by atoms with Crippen LogP contribution in [0.2, 0.25) is 0 Å². The summed E-state index contributed by atoms with van der Waals surface area (Å²) in [7, 11) is 0. The molecule has 0 saturated heterocycles. The van der Waals surface area contributed by atoms with Gasteiger partial charge in [0.1, 0.15) is 10.7 Å². The maximum absolute atomic E-state index is 12.4. The molecule has 0 bridgehead atoms. The lowest BCUT2D eigenvalue weighted by Gasteiger charge is -2.07. The molecule has 0 fully saturated rings. The molecule has 0 aromatic carbocycles. The van der Waals surface area contributed by atoms with Crippen LogP contribution in [0.5, 0.6) is 0 Å². The Kier molecular flexibility index (Phi) is 5.10. The predicted octanol–water partition coefficient (Wildman–Crippen LogP) is 4.42. The van der Waals surface area contributed by atoms with Gasteiger partial charge in [-0.2, -0.15) is 0 Å². The van der Waals surface area contributed by atoms with Crippen molar-refractivity contribution in [2.24, 2.45) is 0 Å². The molecule has 23 heavy (non-hydrogen) atoms. The molecule has 0 aliphatic heterocycles. The zero-order valence-electron chi connectivity index (χ0n) is 13.2. The number of nitrogens with one attached hydrogen (secondary N) is 1. The Bertz CT molecular complexity index is 898. The third-order valence-corrected chi connectivity index (χ3v) is 7.61. The fourth-order valence-corrected chi connectivity index (χ4v) is 6.25. The van der Waals surface area contributed by atoms with Crippen molar-refractivity contribution in [3.63, 3.8) is 0 Å². The molecule has 9 heteroatoms. The normalized spacial score (nSPS) is 12.9. The summed E-state index contributed by atoms with van der Waals surface area (Å²) in [6, 6.07) is 0. The van der Waals surface area contributed by atoms with Crippen molar-refractivity contribution in [3.8, 4) is 0 Å². The van der Waals surface area contributed by atoms with Crippen molar-refractivity contribution >= 4 is 56.4 Å². The Labute approximate surface area is 150 Å². The monoisotopic (exact) mass is 384 g/mol. The first-order valence-electron chi connectivity index (χ1n) is 7.12. The van der Waals surface area contributed by atoms with Crippen LogP contribution in [0.3, 0.4) is 0 Å². The second-order valence-corrected chi connectivity index (χ2v) is 10.2. The SMILES string of the molecule is CCSc1nnc(SC(C)c2nc3sc(C)c(C)c3c(=O)[nH]2)s1. The number of fused-ring (bicyclic) bond motifs is 1. The predicted molar refractivity (Wildman–Crippen MR) is 100 cm³/mol. The fraction of sp³-hybridized carbons (Fsp3) is 0.429. The Morgan fingerprint density at radius 2 is 1.96 bits per heavy atom. The number of hydrogen-bond donors (Lipinski definition) is 1. The number of hydrogen-bond acceptors (Lipinski definition) is 8. The van der Waals surface area contributed by atoms with Gasteiger partial charge >= 0.3 is 0 Å². The number of thioether (sulfide) groups is 2. The van der Waals surface area contributed by atoms with Gasteiger partial charge in [0.25, 0.3) is 5.56 Å². The van der Waals surface area contributed by atoms with Crippen LogP contribution in [-0.2, 0) is 0 Å². The van der Waals surface area contributed by atoms with Crippen LogP contribution in [0.4, 0.5) is 0 Å². The first-order valence-corrected chi connectivity index (χ1v) is 10.6. The highest BCUT2D eigenvalue weighted by atomic mass is 32.2. The molecule has 0 amide bonds. The zero-order chi connectivity index (χ0) is 16.6. The summed E-state index contributed by atoms with van der Waals surface area (Å²) >= 11 is 6.42. The number of thiophene rings is 1. The van der Waals surface area contributed by atoms with Crippen LogP contribution in [-0.4, -0.2) is 25.9 Å². The zero-order valence-corrected chi connectivity index (χ0v) is 16.4. The van der Waals surface area contributed by atoms with Gasteiger partial charge in [-0.15, -0.1) is 21.5 Å². The lowest BCUT2D eigenvalue weighted by atomic mass is 10.2.